The number of nitrogens with one attached hydrogen (secondary N) is 2. The van der Waals surface area contributed by atoms with Gasteiger partial charge in [0.05, 0.1) is 12.5 Å². The van der Waals surface area contributed by atoms with Gasteiger partial charge < -0.3 is 15.4 Å². The van der Waals surface area contributed by atoms with Crippen molar-refractivity contribution in [2.75, 3.05) is 13.2 Å². The van der Waals surface area contributed by atoms with E-state index in [1.54, 1.807) is 0 Å². The second kappa shape index (κ2) is 6.48. The van der Waals surface area contributed by atoms with Crippen molar-refractivity contribution in [3.8, 4) is 5.75 Å². The van der Waals surface area contributed by atoms with E-state index in [4.69, 9.17) is 4.74 Å². The van der Waals surface area contributed by atoms with Gasteiger partial charge in [-0.05, 0) is 32.3 Å². The Labute approximate surface area is 126 Å². The summed E-state index contributed by atoms with van der Waals surface area (Å²) in [5.74, 6) is 0.912. The quantitative estimate of drug-likeness (QED) is 0.896. The number of benzene rings is 1. The lowest BCUT2D eigenvalue weighted by Crippen LogP contribution is -2.48. The number of piperidine rings is 1. The van der Waals surface area contributed by atoms with Crippen molar-refractivity contribution in [2.24, 2.45) is 0 Å². The van der Waals surface area contributed by atoms with E-state index in [-0.39, 0.29) is 11.8 Å². The molecule has 21 heavy (non-hydrogen) atoms. The van der Waals surface area contributed by atoms with Crippen LogP contribution < -0.4 is 15.4 Å². The van der Waals surface area contributed by atoms with E-state index >= 15 is 0 Å². The maximum absolute atomic E-state index is 12.5. The van der Waals surface area contributed by atoms with Crippen molar-refractivity contribution in [3.63, 3.8) is 0 Å². The van der Waals surface area contributed by atoms with Crippen LogP contribution in [0, 0.1) is 0 Å². The zero-order chi connectivity index (χ0) is 14.7. The van der Waals surface area contributed by atoms with Crippen LogP contribution in [0.15, 0.2) is 24.3 Å². The highest BCUT2D eigenvalue weighted by atomic mass is 16.5. The summed E-state index contributed by atoms with van der Waals surface area (Å²) < 4.78 is 5.62. The zero-order valence-corrected chi connectivity index (χ0v) is 12.6. The van der Waals surface area contributed by atoms with E-state index in [9.17, 15) is 4.79 Å². The molecule has 3 unspecified atom stereocenters. The first-order chi connectivity index (χ1) is 10.2. The molecule has 1 fully saturated rings. The average molecular weight is 288 g/mol. The predicted octanol–water partition coefficient (Wildman–Crippen LogP) is 2.20. The SMILES string of the molecule is CC1CCCC(CNC(=O)C2CCOc3ccccc32)N1. The van der Waals surface area contributed by atoms with Crippen molar-refractivity contribution in [1.82, 2.24) is 10.6 Å². The maximum Gasteiger partial charge on any atom is 0.227 e. The topological polar surface area (TPSA) is 50.4 Å². The van der Waals surface area contributed by atoms with Gasteiger partial charge >= 0.3 is 0 Å². The molecule has 3 rings (SSSR count). The normalized spacial score (nSPS) is 28.3. The molecule has 2 N–H and O–H groups in total. The lowest BCUT2D eigenvalue weighted by molar-refractivity contribution is -0.123. The third-order valence-corrected chi connectivity index (χ3v) is 4.51. The van der Waals surface area contributed by atoms with Gasteiger partial charge in [0.25, 0.3) is 0 Å². The van der Waals surface area contributed by atoms with E-state index in [2.05, 4.69) is 17.6 Å². The molecule has 2 heterocycles. The molecule has 0 spiro atoms. The third-order valence-electron chi connectivity index (χ3n) is 4.51. The first-order valence-corrected chi connectivity index (χ1v) is 7.99. The van der Waals surface area contributed by atoms with Crippen LogP contribution in [0.4, 0.5) is 0 Å². The highest BCUT2D eigenvalue weighted by molar-refractivity contribution is 5.84. The Kier molecular flexibility index (Phi) is 4.44. The van der Waals surface area contributed by atoms with Gasteiger partial charge in [0.15, 0.2) is 0 Å². The molecule has 2 aliphatic rings. The number of ether oxygens (including phenoxy) is 1. The lowest BCUT2D eigenvalue weighted by atomic mass is 9.92. The maximum atomic E-state index is 12.5. The van der Waals surface area contributed by atoms with Crippen LogP contribution in [-0.2, 0) is 4.79 Å². The third kappa shape index (κ3) is 3.38. The van der Waals surface area contributed by atoms with Gasteiger partial charge in [-0.1, -0.05) is 24.6 Å². The van der Waals surface area contributed by atoms with Gasteiger partial charge in [-0.2, -0.15) is 0 Å². The molecule has 4 heteroatoms. The first kappa shape index (κ1) is 14.4. The van der Waals surface area contributed by atoms with Crippen molar-refractivity contribution >= 4 is 5.91 Å². The van der Waals surface area contributed by atoms with Crippen molar-refractivity contribution in [3.05, 3.63) is 29.8 Å². The van der Waals surface area contributed by atoms with E-state index < -0.39 is 0 Å². The molecular formula is C17H24N2O2. The number of hydrogen-bond acceptors (Lipinski definition) is 3. The van der Waals surface area contributed by atoms with Gasteiger partial charge in [0.1, 0.15) is 5.75 Å². The molecule has 2 aliphatic heterocycles. The minimum absolute atomic E-state index is 0.0732. The van der Waals surface area contributed by atoms with Crippen LogP contribution in [0.1, 0.15) is 44.1 Å². The molecular weight excluding hydrogens is 264 g/mol. The average Bonchev–Trinajstić information content (AvgIpc) is 2.52. The first-order valence-electron chi connectivity index (χ1n) is 7.99. The second-order valence-electron chi connectivity index (χ2n) is 6.17. The Morgan fingerprint density at radius 1 is 1.33 bits per heavy atom. The summed E-state index contributed by atoms with van der Waals surface area (Å²) in [4.78, 5) is 12.5. The van der Waals surface area contributed by atoms with Gasteiger partial charge in [-0.15, -0.1) is 0 Å². The second-order valence-corrected chi connectivity index (χ2v) is 6.17. The Morgan fingerprint density at radius 2 is 2.19 bits per heavy atom. The van der Waals surface area contributed by atoms with Crippen LogP contribution in [0.2, 0.25) is 0 Å². The highest BCUT2D eigenvalue weighted by Crippen LogP contribution is 2.33. The molecule has 1 saturated heterocycles. The molecule has 3 atom stereocenters. The fourth-order valence-corrected chi connectivity index (χ4v) is 3.36. The van der Waals surface area contributed by atoms with Gasteiger partial charge in [0.2, 0.25) is 5.91 Å². The Bertz CT molecular complexity index is 503. The van der Waals surface area contributed by atoms with Crippen LogP contribution >= 0.6 is 0 Å². The van der Waals surface area contributed by atoms with E-state index in [0.29, 0.717) is 18.7 Å². The number of carbonyl (C=O) groups is 1. The van der Waals surface area contributed by atoms with E-state index in [1.165, 1.54) is 12.8 Å². The molecule has 1 aromatic rings. The molecule has 0 aliphatic carbocycles. The predicted molar refractivity (Wildman–Crippen MR) is 82.5 cm³/mol. The summed E-state index contributed by atoms with van der Waals surface area (Å²) in [6, 6.07) is 8.83. The van der Waals surface area contributed by atoms with Gasteiger partial charge in [0, 0.05) is 24.2 Å². The fraction of sp³-hybridized carbons (Fsp3) is 0.588. The zero-order valence-electron chi connectivity index (χ0n) is 12.6. The summed E-state index contributed by atoms with van der Waals surface area (Å²) >= 11 is 0. The molecule has 4 nitrogen and oxygen atoms in total. The van der Waals surface area contributed by atoms with E-state index in [1.807, 2.05) is 24.3 Å². The standard InChI is InChI=1S/C17H24N2O2/c1-12-5-4-6-13(19-12)11-18-17(20)15-9-10-21-16-8-3-2-7-14(15)16/h2-3,7-8,12-13,15,19H,4-6,9-11H2,1H3,(H,18,20). The smallest absolute Gasteiger partial charge is 0.227 e. The molecule has 1 aromatic carbocycles. The van der Waals surface area contributed by atoms with Gasteiger partial charge in [-0.25, -0.2) is 0 Å². The summed E-state index contributed by atoms with van der Waals surface area (Å²) in [7, 11) is 0. The summed E-state index contributed by atoms with van der Waals surface area (Å²) in [6.07, 6.45) is 4.39. The number of para-hydroxylation sites is 1. The number of hydrogen-bond donors (Lipinski definition) is 2. The monoisotopic (exact) mass is 288 g/mol. The number of amides is 1. The van der Waals surface area contributed by atoms with Crippen molar-refractivity contribution in [1.29, 1.82) is 0 Å². The summed E-state index contributed by atoms with van der Waals surface area (Å²) in [6.45, 7) is 3.55. The molecule has 114 valence electrons. The summed E-state index contributed by atoms with van der Waals surface area (Å²) in [5.41, 5.74) is 1.02. The lowest BCUT2D eigenvalue weighted by Gasteiger charge is -2.30. The molecule has 0 bridgehead atoms. The van der Waals surface area contributed by atoms with Crippen molar-refractivity contribution < 1.29 is 9.53 Å². The Hall–Kier alpha value is -1.55. The van der Waals surface area contributed by atoms with Crippen LogP contribution in [0.5, 0.6) is 5.75 Å². The molecule has 1 amide bonds. The van der Waals surface area contributed by atoms with Crippen LogP contribution in [0.3, 0.4) is 0 Å². The molecule has 0 radical (unpaired) electrons. The highest BCUT2D eigenvalue weighted by Gasteiger charge is 2.28. The van der Waals surface area contributed by atoms with Gasteiger partial charge in [-0.3, -0.25) is 4.79 Å². The molecule has 0 aromatic heterocycles. The van der Waals surface area contributed by atoms with Crippen LogP contribution in [-0.4, -0.2) is 31.1 Å². The number of rotatable bonds is 3. The Morgan fingerprint density at radius 3 is 3.05 bits per heavy atom. The fourth-order valence-electron chi connectivity index (χ4n) is 3.36. The number of carbonyl (C=O) groups excluding carboxylic acids is 1. The van der Waals surface area contributed by atoms with E-state index in [0.717, 1.165) is 30.7 Å². The minimum Gasteiger partial charge on any atom is -0.493 e. The number of fused-ring (bicyclic) bond motifs is 1. The van der Waals surface area contributed by atoms with Crippen molar-refractivity contribution in [2.45, 2.75) is 50.6 Å². The molecule has 0 saturated carbocycles. The summed E-state index contributed by atoms with van der Waals surface area (Å²) in [5, 5.41) is 6.68. The minimum atomic E-state index is -0.0732. The Balaban J connectivity index is 1.59. The largest absolute Gasteiger partial charge is 0.493 e. The van der Waals surface area contributed by atoms with Crippen LogP contribution in [0.25, 0.3) is 0 Å².